The summed E-state index contributed by atoms with van der Waals surface area (Å²) in [6.45, 7) is 0.234. The highest BCUT2D eigenvalue weighted by molar-refractivity contribution is 9.10. The molecule has 72 valence electrons. The molecule has 0 aliphatic heterocycles. The van der Waals surface area contributed by atoms with Gasteiger partial charge in [0.15, 0.2) is 11.5 Å². The zero-order valence-corrected chi connectivity index (χ0v) is 8.67. The lowest BCUT2D eigenvalue weighted by atomic mass is 10.2. The Bertz CT molecular complexity index is 304. The highest BCUT2D eigenvalue weighted by atomic mass is 79.9. The van der Waals surface area contributed by atoms with Crippen LogP contribution in [0.25, 0.3) is 0 Å². The van der Waals surface area contributed by atoms with Crippen LogP contribution in [-0.4, -0.2) is 12.2 Å². The Kier molecular flexibility index (Phi) is 3.53. The molecular formula is C8H10BrNO3. The summed E-state index contributed by atoms with van der Waals surface area (Å²) in [5.74, 6) is 5.38. The molecule has 0 aliphatic carbocycles. The van der Waals surface area contributed by atoms with Crippen molar-refractivity contribution in [2.24, 2.45) is 5.90 Å². The lowest BCUT2D eigenvalue weighted by Crippen LogP contribution is -2.00. The normalized spacial score (nSPS) is 10.1. The lowest BCUT2D eigenvalue weighted by Gasteiger charge is -2.08. The van der Waals surface area contributed by atoms with Gasteiger partial charge in [0.25, 0.3) is 0 Å². The first-order valence-corrected chi connectivity index (χ1v) is 4.36. The van der Waals surface area contributed by atoms with Crippen LogP contribution in [0.3, 0.4) is 0 Å². The predicted molar refractivity (Wildman–Crippen MR) is 51.3 cm³/mol. The van der Waals surface area contributed by atoms with Crippen molar-refractivity contribution in [3.63, 3.8) is 0 Å². The van der Waals surface area contributed by atoms with E-state index in [4.69, 9.17) is 10.6 Å². The first-order valence-electron chi connectivity index (χ1n) is 3.56. The number of phenols is 1. The number of ether oxygens (including phenoxy) is 1. The number of methoxy groups -OCH3 is 1. The van der Waals surface area contributed by atoms with E-state index in [9.17, 15) is 5.11 Å². The summed E-state index contributed by atoms with van der Waals surface area (Å²) in [5.41, 5.74) is 0.765. The minimum Gasteiger partial charge on any atom is -0.503 e. The van der Waals surface area contributed by atoms with Gasteiger partial charge in [0.2, 0.25) is 0 Å². The molecule has 1 aromatic carbocycles. The third-order valence-corrected chi connectivity index (χ3v) is 2.50. The molecule has 0 bridgehead atoms. The SMILES string of the molecule is COc1ccc(CON)c(Br)c1O. The molecule has 0 aliphatic rings. The van der Waals surface area contributed by atoms with Gasteiger partial charge in [-0.3, -0.25) is 4.84 Å². The quantitative estimate of drug-likeness (QED) is 0.796. The van der Waals surface area contributed by atoms with Gasteiger partial charge >= 0.3 is 0 Å². The van der Waals surface area contributed by atoms with Gasteiger partial charge in [-0.2, -0.15) is 0 Å². The monoisotopic (exact) mass is 247 g/mol. The molecule has 13 heavy (non-hydrogen) atoms. The number of hydrogen-bond acceptors (Lipinski definition) is 4. The molecule has 0 amide bonds. The average molecular weight is 248 g/mol. The van der Waals surface area contributed by atoms with E-state index in [1.54, 1.807) is 12.1 Å². The number of halogens is 1. The molecule has 0 aromatic heterocycles. The maximum absolute atomic E-state index is 9.54. The fourth-order valence-electron chi connectivity index (χ4n) is 0.955. The molecule has 0 fully saturated rings. The van der Waals surface area contributed by atoms with Crippen LogP contribution < -0.4 is 10.6 Å². The van der Waals surface area contributed by atoms with Crippen LogP contribution in [0.15, 0.2) is 16.6 Å². The summed E-state index contributed by atoms with van der Waals surface area (Å²) in [4.78, 5) is 4.46. The Morgan fingerprint density at radius 3 is 2.77 bits per heavy atom. The predicted octanol–water partition coefficient (Wildman–Crippen LogP) is 1.55. The van der Waals surface area contributed by atoms with Crippen LogP contribution in [0.4, 0.5) is 0 Å². The van der Waals surface area contributed by atoms with Crippen LogP contribution in [0.2, 0.25) is 0 Å². The van der Waals surface area contributed by atoms with Crippen LogP contribution in [0, 0.1) is 0 Å². The van der Waals surface area contributed by atoms with Gasteiger partial charge in [-0.25, -0.2) is 5.90 Å². The molecule has 0 spiro atoms. The number of nitrogens with two attached hydrogens (primary N) is 1. The molecule has 1 rings (SSSR count). The van der Waals surface area contributed by atoms with E-state index in [0.717, 1.165) is 5.56 Å². The maximum atomic E-state index is 9.54. The van der Waals surface area contributed by atoms with Crippen molar-refractivity contribution >= 4 is 15.9 Å². The van der Waals surface area contributed by atoms with E-state index in [-0.39, 0.29) is 12.4 Å². The Morgan fingerprint density at radius 2 is 2.23 bits per heavy atom. The molecule has 3 N–H and O–H groups in total. The van der Waals surface area contributed by atoms with Crippen molar-refractivity contribution < 1.29 is 14.7 Å². The van der Waals surface area contributed by atoms with Crippen LogP contribution in [0.1, 0.15) is 5.56 Å². The summed E-state index contributed by atoms with van der Waals surface area (Å²) >= 11 is 3.21. The third-order valence-electron chi connectivity index (χ3n) is 1.62. The first kappa shape index (κ1) is 10.3. The van der Waals surface area contributed by atoms with E-state index >= 15 is 0 Å². The lowest BCUT2D eigenvalue weighted by molar-refractivity contribution is 0.123. The summed E-state index contributed by atoms with van der Waals surface area (Å²) in [5, 5.41) is 9.54. The highest BCUT2D eigenvalue weighted by Gasteiger charge is 2.10. The van der Waals surface area contributed by atoms with Crippen LogP contribution in [-0.2, 0) is 11.4 Å². The van der Waals surface area contributed by atoms with E-state index in [0.29, 0.717) is 10.2 Å². The largest absolute Gasteiger partial charge is 0.503 e. The highest BCUT2D eigenvalue weighted by Crippen LogP contribution is 2.36. The molecule has 0 unspecified atom stereocenters. The number of hydrogen-bond donors (Lipinski definition) is 2. The summed E-state index contributed by atoms with van der Waals surface area (Å²) in [7, 11) is 1.49. The molecular weight excluding hydrogens is 238 g/mol. The van der Waals surface area contributed by atoms with Crippen molar-refractivity contribution in [3.05, 3.63) is 22.2 Å². The Hall–Kier alpha value is -0.780. The molecule has 0 radical (unpaired) electrons. The van der Waals surface area contributed by atoms with E-state index < -0.39 is 0 Å². The molecule has 0 heterocycles. The second-order valence-corrected chi connectivity index (χ2v) is 3.19. The summed E-state index contributed by atoms with van der Waals surface area (Å²) in [6, 6.07) is 3.41. The van der Waals surface area contributed by atoms with Crippen molar-refractivity contribution in [1.82, 2.24) is 0 Å². The smallest absolute Gasteiger partial charge is 0.172 e. The molecule has 1 aromatic rings. The Morgan fingerprint density at radius 1 is 1.54 bits per heavy atom. The van der Waals surface area contributed by atoms with Gasteiger partial charge in [-0.1, -0.05) is 6.07 Å². The molecule has 0 saturated carbocycles. The first-order chi connectivity index (χ1) is 6.20. The minimum absolute atomic E-state index is 0.0528. The van der Waals surface area contributed by atoms with Crippen LogP contribution >= 0.6 is 15.9 Å². The molecule has 0 saturated heterocycles. The topological polar surface area (TPSA) is 64.7 Å². The zero-order valence-electron chi connectivity index (χ0n) is 7.08. The van der Waals surface area contributed by atoms with Gasteiger partial charge < -0.3 is 9.84 Å². The van der Waals surface area contributed by atoms with Gasteiger partial charge in [0.1, 0.15) is 0 Å². The Labute approximate surface area is 84.3 Å². The second-order valence-electron chi connectivity index (χ2n) is 2.40. The van der Waals surface area contributed by atoms with Gasteiger partial charge in [-0.05, 0) is 27.6 Å². The van der Waals surface area contributed by atoms with Gasteiger partial charge in [0.05, 0.1) is 18.2 Å². The summed E-state index contributed by atoms with van der Waals surface area (Å²) in [6.07, 6.45) is 0. The van der Waals surface area contributed by atoms with Crippen molar-refractivity contribution in [1.29, 1.82) is 0 Å². The number of aromatic hydroxyl groups is 1. The number of rotatable bonds is 3. The van der Waals surface area contributed by atoms with E-state index in [1.165, 1.54) is 7.11 Å². The Balaban J connectivity index is 3.07. The minimum atomic E-state index is 0.0528. The maximum Gasteiger partial charge on any atom is 0.172 e. The van der Waals surface area contributed by atoms with E-state index in [2.05, 4.69) is 20.8 Å². The molecule has 0 atom stereocenters. The standard InChI is InChI=1S/C8H10BrNO3/c1-12-6-3-2-5(4-13-10)7(9)8(6)11/h2-3,11H,4,10H2,1H3. The number of phenolic OH excluding ortho intramolecular Hbond substituents is 1. The van der Waals surface area contributed by atoms with Crippen molar-refractivity contribution in [2.45, 2.75) is 6.61 Å². The fourth-order valence-corrected chi connectivity index (χ4v) is 1.40. The molecule has 5 heteroatoms. The van der Waals surface area contributed by atoms with Crippen molar-refractivity contribution in [2.75, 3.05) is 7.11 Å². The van der Waals surface area contributed by atoms with E-state index in [1.807, 2.05) is 0 Å². The average Bonchev–Trinajstić information content (AvgIpc) is 2.14. The van der Waals surface area contributed by atoms with Gasteiger partial charge in [-0.15, -0.1) is 0 Å². The zero-order chi connectivity index (χ0) is 9.84. The van der Waals surface area contributed by atoms with Crippen molar-refractivity contribution in [3.8, 4) is 11.5 Å². The third kappa shape index (κ3) is 2.12. The van der Waals surface area contributed by atoms with Crippen LogP contribution in [0.5, 0.6) is 11.5 Å². The number of benzene rings is 1. The fraction of sp³-hybridized carbons (Fsp3) is 0.250. The molecule has 4 nitrogen and oxygen atoms in total. The summed E-state index contributed by atoms with van der Waals surface area (Å²) < 4.78 is 5.45. The van der Waals surface area contributed by atoms with Gasteiger partial charge in [0, 0.05) is 0 Å². The second kappa shape index (κ2) is 4.45.